The standard InChI is InChI=1S/C33H37N7O3/c1-32(2,42)21-43-25-15-28(30-24(16-34)19-37-40(30)20-25)23-7-8-29(36-18-23)39-13-10-33(3,11-14-39)38-31(41)27-6-4-5-22-17-35-12-9-26(22)27/h4-8,15,18-20,35,42H,9-14,17,21H2,1-3H3,(H,38,41). The van der Waals surface area contributed by atoms with Crippen molar-refractivity contribution in [3.8, 4) is 22.9 Å². The zero-order valence-corrected chi connectivity index (χ0v) is 24.9. The van der Waals surface area contributed by atoms with Crippen molar-refractivity contribution in [3.63, 3.8) is 0 Å². The average Bonchev–Trinajstić information content (AvgIpc) is 3.42. The first-order valence-electron chi connectivity index (χ1n) is 14.7. The maximum absolute atomic E-state index is 13.3. The third-order valence-corrected chi connectivity index (χ3v) is 8.35. The summed E-state index contributed by atoms with van der Waals surface area (Å²) in [5, 5.41) is 30.9. The zero-order valence-electron chi connectivity index (χ0n) is 24.9. The van der Waals surface area contributed by atoms with Gasteiger partial charge in [0, 0.05) is 48.1 Å². The molecule has 2 aliphatic rings. The summed E-state index contributed by atoms with van der Waals surface area (Å²) in [6, 6.07) is 14.1. The number of hydrogen-bond acceptors (Lipinski definition) is 8. The predicted octanol–water partition coefficient (Wildman–Crippen LogP) is 3.85. The molecular weight excluding hydrogens is 542 g/mol. The van der Waals surface area contributed by atoms with Crippen LogP contribution in [0.5, 0.6) is 5.75 Å². The highest BCUT2D eigenvalue weighted by atomic mass is 16.5. The van der Waals surface area contributed by atoms with Crippen LogP contribution in [0.1, 0.15) is 60.7 Å². The van der Waals surface area contributed by atoms with Crippen molar-refractivity contribution in [3.05, 3.63) is 77.2 Å². The molecule has 222 valence electrons. The number of carbonyl (C=O) groups is 1. The van der Waals surface area contributed by atoms with E-state index in [0.717, 1.165) is 73.5 Å². The molecule has 2 aliphatic heterocycles. The highest BCUT2D eigenvalue weighted by Gasteiger charge is 2.33. The summed E-state index contributed by atoms with van der Waals surface area (Å²) < 4.78 is 7.48. The second kappa shape index (κ2) is 11.3. The van der Waals surface area contributed by atoms with Crippen LogP contribution < -0.4 is 20.3 Å². The molecule has 0 aliphatic carbocycles. The molecule has 3 N–H and O–H groups in total. The molecule has 10 nitrogen and oxygen atoms in total. The summed E-state index contributed by atoms with van der Waals surface area (Å²) in [4.78, 5) is 20.4. The van der Waals surface area contributed by atoms with Crippen LogP contribution in [0.2, 0.25) is 0 Å². The van der Waals surface area contributed by atoms with Crippen molar-refractivity contribution in [2.24, 2.45) is 0 Å². The van der Waals surface area contributed by atoms with Gasteiger partial charge in [0.25, 0.3) is 5.91 Å². The minimum atomic E-state index is -0.994. The lowest BCUT2D eigenvalue weighted by atomic mass is 9.88. The van der Waals surface area contributed by atoms with Crippen molar-refractivity contribution in [2.45, 2.75) is 57.7 Å². The number of fused-ring (bicyclic) bond motifs is 2. The Morgan fingerprint density at radius 2 is 2.05 bits per heavy atom. The van der Waals surface area contributed by atoms with Crippen LogP contribution in [0, 0.1) is 11.3 Å². The number of pyridine rings is 2. The Balaban J connectivity index is 1.16. The molecule has 0 radical (unpaired) electrons. The fraction of sp³-hybridized carbons (Fsp3) is 0.394. The number of ether oxygens (including phenoxy) is 1. The molecule has 0 spiro atoms. The third kappa shape index (κ3) is 6.05. The van der Waals surface area contributed by atoms with E-state index in [-0.39, 0.29) is 18.1 Å². The SMILES string of the molecule is CC(C)(O)COc1cc(-c2ccc(N3CCC(C)(NC(=O)c4cccc5c4CCNC5)CC3)nc2)c2c(C#N)cnn2c1. The van der Waals surface area contributed by atoms with E-state index in [1.807, 2.05) is 36.5 Å². The summed E-state index contributed by atoms with van der Waals surface area (Å²) in [6.07, 6.45) is 7.53. The van der Waals surface area contributed by atoms with E-state index in [0.29, 0.717) is 16.8 Å². The first kappa shape index (κ1) is 28.6. The number of benzene rings is 1. The number of aromatic nitrogens is 3. The number of aliphatic hydroxyl groups is 1. The second-order valence-electron chi connectivity index (χ2n) is 12.4. The molecule has 0 atom stereocenters. The first-order chi connectivity index (χ1) is 20.6. The molecule has 1 aromatic carbocycles. The summed E-state index contributed by atoms with van der Waals surface area (Å²) in [6.45, 7) is 8.85. The molecule has 43 heavy (non-hydrogen) atoms. The van der Waals surface area contributed by atoms with Gasteiger partial charge in [-0.1, -0.05) is 12.1 Å². The summed E-state index contributed by atoms with van der Waals surface area (Å²) >= 11 is 0. The molecule has 1 fully saturated rings. The lowest BCUT2D eigenvalue weighted by Gasteiger charge is -2.40. The van der Waals surface area contributed by atoms with Crippen LogP contribution in [0.4, 0.5) is 5.82 Å². The highest BCUT2D eigenvalue weighted by molar-refractivity contribution is 5.96. The molecule has 0 bridgehead atoms. The normalized spacial score (nSPS) is 16.4. The average molecular weight is 580 g/mol. The van der Waals surface area contributed by atoms with Gasteiger partial charge in [-0.3, -0.25) is 4.79 Å². The van der Waals surface area contributed by atoms with Crippen molar-refractivity contribution >= 4 is 17.2 Å². The molecular formula is C33H37N7O3. The summed E-state index contributed by atoms with van der Waals surface area (Å²) in [5.74, 6) is 1.40. The van der Waals surface area contributed by atoms with Gasteiger partial charge < -0.3 is 25.4 Å². The largest absolute Gasteiger partial charge is 0.489 e. The van der Waals surface area contributed by atoms with Crippen LogP contribution in [-0.2, 0) is 13.0 Å². The van der Waals surface area contributed by atoms with E-state index < -0.39 is 5.60 Å². The molecule has 1 saturated heterocycles. The van der Waals surface area contributed by atoms with Gasteiger partial charge in [-0.05, 0) is 82.0 Å². The van der Waals surface area contributed by atoms with Crippen molar-refractivity contribution in [2.75, 3.05) is 31.1 Å². The van der Waals surface area contributed by atoms with E-state index in [9.17, 15) is 15.2 Å². The molecule has 0 unspecified atom stereocenters. The Kier molecular flexibility index (Phi) is 7.54. The molecule has 0 saturated carbocycles. The smallest absolute Gasteiger partial charge is 0.251 e. The maximum Gasteiger partial charge on any atom is 0.251 e. The van der Waals surface area contributed by atoms with Gasteiger partial charge in [-0.15, -0.1) is 0 Å². The lowest BCUT2D eigenvalue weighted by Crippen LogP contribution is -2.53. The minimum absolute atomic E-state index is 0.00821. The monoisotopic (exact) mass is 579 g/mol. The number of anilines is 1. The van der Waals surface area contributed by atoms with Gasteiger partial charge >= 0.3 is 0 Å². The number of carbonyl (C=O) groups excluding carboxylic acids is 1. The Bertz CT molecular complexity index is 1690. The number of hydrogen-bond donors (Lipinski definition) is 3. The first-order valence-corrected chi connectivity index (χ1v) is 14.7. The van der Waals surface area contributed by atoms with Crippen molar-refractivity contribution < 1.29 is 14.6 Å². The van der Waals surface area contributed by atoms with Crippen LogP contribution in [-0.4, -0.2) is 63.0 Å². The zero-order chi connectivity index (χ0) is 30.2. The summed E-state index contributed by atoms with van der Waals surface area (Å²) in [5.41, 5.74) is 4.60. The number of amides is 1. The Morgan fingerprint density at radius 3 is 2.77 bits per heavy atom. The number of nitrogens with zero attached hydrogens (tertiary/aromatic N) is 5. The quantitative estimate of drug-likeness (QED) is 0.301. The van der Waals surface area contributed by atoms with Gasteiger partial charge in [0.1, 0.15) is 24.2 Å². The topological polar surface area (TPSA) is 128 Å². The van der Waals surface area contributed by atoms with Gasteiger partial charge in [0.2, 0.25) is 0 Å². The Labute approximate surface area is 251 Å². The number of nitriles is 1. The van der Waals surface area contributed by atoms with Gasteiger partial charge in [-0.25, -0.2) is 9.50 Å². The van der Waals surface area contributed by atoms with E-state index in [2.05, 4.69) is 39.7 Å². The van der Waals surface area contributed by atoms with Crippen LogP contribution in [0.3, 0.4) is 0 Å². The third-order valence-electron chi connectivity index (χ3n) is 8.35. The van der Waals surface area contributed by atoms with Crippen molar-refractivity contribution in [1.82, 2.24) is 25.2 Å². The van der Waals surface area contributed by atoms with E-state index in [4.69, 9.17) is 9.72 Å². The molecule has 5 heterocycles. The fourth-order valence-corrected chi connectivity index (χ4v) is 5.91. The number of rotatable bonds is 7. The Hall–Kier alpha value is -4.46. The highest BCUT2D eigenvalue weighted by Crippen LogP contribution is 2.33. The fourth-order valence-electron chi connectivity index (χ4n) is 5.91. The van der Waals surface area contributed by atoms with Gasteiger partial charge in [-0.2, -0.15) is 10.4 Å². The number of nitrogens with one attached hydrogen (secondary N) is 2. The Morgan fingerprint density at radius 1 is 1.23 bits per heavy atom. The van der Waals surface area contributed by atoms with E-state index in [1.165, 1.54) is 11.8 Å². The van der Waals surface area contributed by atoms with E-state index >= 15 is 0 Å². The lowest BCUT2D eigenvalue weighted by molar-refractivity contribution is 0.0283. The summed E-state index contributed by atoms with van der Waals surface area (Å²) in [7, 11) is 0. The van der Waals surface area contributed by atoms with Crippen LogP contribution >= 0.6 is 0 Å². The van der Waals surface area contributed by atoms with E-state index in [1.54, 1.807) is 24.6 Å². The molecule has 3 aromatic heterocycles. The van der Waals surface area contributed by atoms with Gasteiger partial charge in [0.05, 0.1) is 29.1 Å². The predicted molar refractivity (Wildman–Crippen MR) is 164 cm³/mol. The second-order valence-corrected chi connectivity index (χ2v) is 12.4. The molecule has 10 heteroatoms. The van der Waals surface area contributed by atoms with Crippen LogP contribution in [0.25, 0.3) is 16.6 Å². The molecule has 1 amide bonds. The maximum atomic E-state index is 13.3. The van der Waals surface area contributed by atoms with Crippen LogP contribution in [0.15, 0.2) is 55.0 Å². The minimum Gasteiger partial charge on any atom is -0.489 e. The molecule has 4 aromatic rings. The van der Waals surface area contributed by atoms with Gasteiger partial charge in [0.15, 0.2) is 0 Å². The number of piperidine rings is 1. The van der Waals surface area contributed by atoms with Crippen molar-refractivity contribution in [1.29, 1.82) is 5.26 Å². The molecule has 6 rings (SSSR count).